The Morgan fingerprint density at radius 2 is 2.04 bits per heavy atom. The van der Waals surface area contributed by atoms with Gasteiger partial charge >= 0.3 is 0 Å². The predicted octanol–water partition coefficient (Wildman–Crippen LogP) is 2.93. The van der Waals surface area contributed by atoms with Gasteiger partial charge in [0.2, 0.25) is 0 Å². The van der Waals surface area contributed by atoms with Gasteiger partial charge in [-0.05, 0) is 43.4 Å². The first-order chi connectivity index (χ1) is 11.0. The number of hydrogen-bond donors (Lipinski definition) is 1. The molecule has 5 heteroatoms. The molecule has 1 fully saturated rings. The second-order valence-corrected chi connectivity index (χ2v) is 6.63. The lowest BCUT2D eigenvalue weighted by atomic mass is 9.92. The van der Waals surface area contributed by atoms with Crippen LogP contribution in [0.25, 0.3) is 0 Å². The fourth-order valence-electron chi connectivity index (χ4n) is 3.46. The van der Waals surface area contributed by atoms with Gasteiger partial charge < -0.3 is 15.0 Å². The molecule has 1 N–H and O–H groups in total. The van der Waals surface area contributed by atoms with E-state index < -0.39 is 11.7 Å². The van der Waals surface area contributed by atoms with Gasteiger partial charge in [-0.3, -0.25) is 4.79 Å². The summed E-state index contributed by atoms with van der Waals surface area (Å²) < 4.78 is 18.9. The minimum atomic E-state index is -0.555. The largest absolute Gasteiger partial charge is 0.496 e. The van der Waals surface area contributed by atoms with E-state index in [0.29, 0.717) is 6.54 Å². The number of nitrogens with zero attached hydrogens (tertiary/aromatic N) is 1. The lowest BCUT2D eigenvalue weighted by Gasteiger charge is -2.34. The van der Waals surface area contributed by atoms with Crippen molar-refractivity contribution in [2.24, 2.45) is 11.8 Å². The molecule has 1 aliphatic heterocycles. The SMILES string of the molecule is COc1cccc(F)c1C(=O)NCCCN1C[C@H](C)C[C@H](C)C1. The molecule has 0 aromatic heterocycles. The normalized spacial score (nSPS) is 21.9. The monoisotopic (exact) mass is 322 g/mol. The van der Waals surface area contributed by atoms with Gasteiger partial charge in [0.25, 0.3) is 5.91 Å². The highest BCUT2D eigenvalue weighted by Crippen LogP contribution is 2.22. The van der Waals surface area contributed by atoms with Crippen LogP contribution in [-0.4, -0.2) is 44.1 Å². The van der Waals surface area contributed by atoms with Crippen LogP contribution in [0.1, 0.15) is 37.0 Å². The van der Waals surface area contributed by atoms with E-state index >= 15 is 0 Å². The Morgan fingerprint density at radius 3 is 2.70 bits per heavy atom. The number of amides is 1. The van der Waals surface area contributed by atoms with Gasteiger partial charge in [0.1, 0.15) is 17.1 Å². The van der Waals surface area contributed by atoms with Crippen molar-refractivity contribution < 1.29 is 13.9 Å². The molecule has 0 spiro atoms. The molecule has 1 amide bonds. The summed E-state index contributed by atoms with van der Waals surface area (Å²) in [5.74, 6) is 0.758. The Bertz CT molecular complexity index is 526. The van der Waals surface area contributed by atoms with Crippen molar-refractivity contribution in [2.45, 2.75) is 26.7 Å². The van der Waals surface area contributed by atoms with Crippen LogP contribution in [0.3, 0.4) is 0 Å². The zero-order valence-corrected chi connectivity index (χ0v) is 14.3. The Kier molecular flexibility index (Phi) is 6.39. The fraction of sp³-hybridized carbons (Fsp3) is 0.611. The summed E-state index contributed by atoms with van der Waals surface area (Å²) in [6, 6.07) is 4.39. The third kappa shape index (κ3) is 4.93. The van der Waals surface area contributed by atoms with Crippen molar-refractivity contribution in [3.05, 3.63) is 29.6 Å². The van der Waals surface area contributed by atoms with Crippen LogP contribution >= 0.6 is 0 Å². The van der Waals surface area contributed by atoms with Gasteiger partial charge in [0.05, 0.1) is 7.11 Å². The van der Waals surface area contributed by atoms with Crippen LogP contribution in [0.5, 0.6) is 5.75 Å². The highest BCUT2D eigenvalue weighted by molar-refractivity contribution is 5.97. The summed E-state index contributed by atoms with van der Waals surface area (Å²) >= 11 is 0. The Labute approximate surface area is 138 Å². The van der Waals surface area contributed by atoms with Crippen LogP contribution in [-0.2, 0) is 0 Å². The Morgan fingerprint density at radius 1 is 1.35 bits per heavy atom. The molecule has 1 aromatic carbocycles. The van der Waals surface area contributed by atoms with Crippen LogP contribution in [0.2, 0.25) is 0 Å². The minimum absolute atomic E-state index is 0.0183. The molecule has 1 aromatic rings. The average molecular weight is 322 g/mol. The van der Waals surface area contributed by atoms with E-state index in [2.05, 4.69) is 24.1 Å². The van der Waals surface area contributed by atoms with Crippen molar-refractivity contribution in [3.63, 3.8) is 0 Å². The maximum absolute atomic E-state index is 13.8. The second kappa shape index (κ2) is 8.29. The molecule has 23 heavy (non-hydrogen) atoms. The Balaban J connectivity index is 1.79. The number of carbonyl (C=O) groups excluding carboxylic acids is 1. The highest BCUT2D eigenvalue weighted by atomic mass is 19.1. The van der Waals surface area contributed by atoms with Gasteiger partial charge in [-0.1, -0.05) is 19.9 Å². The zero-order valence-electron chi connectivity index (χ0n) is 14.3. The number of hydrogen-bond acceptors (Lipinski definition) is 3. The summed E-state index contributed by atoms with van der Waals surface area (Å²) in [5, 5.41) is 2.79. The quantitative estimate of drug-likeness (QED) is 0.819. The van der Waals surface area contributed by atoms with Crippen molar-refractivity contribution in [1.82, 2.24) is 10.2 Å². The highest BCUT2D eigenvalue weighted by Gasteiger charge is 2.21. The van der Waals surface area contributed by atoms with Gasteiger partial charge in [-0.2, -0.15) is 0 Å². The maximum atomic E-state index is 13.8. The number of ether oxygens (including phenoxy) is 1. The molecule has 0 aliphatic carbocycles. The molecule has 0 bridgehead atoms. The van der Waals surface area contributed by atoms with Crippen molar-refractivity contribution in [3.8, 4) is 5.75 Å². The fourth-order valence-corrected chi connectivity index (χ4v) is 3.46. The molecule has 1 saturated heterocycles. The van der Waals surface area contributed by atoms with E-state index in [0.717, 1.165) is 37.9 Å². The first-order valence-corrected chi connectivity index (χ1v) is 8.34. The topological polar surface area (TPSA) is 41.6 Å². The van der Waals surface area contributed by atoms with Crippen molar-refractivity contribution >= 4 is 5.91 Å². The molecule has 1 aliphatic rings. The average Bonchev–Trinajstić information content (AvgIpc) is 2.50. The molecule has 1 heterocycles. The summed E-state index contributed by atoms with van der Waals surface area (Å²) in [5.41, 5.74) is -0.0183. The van der Waals surface area contributed by atoms with E-state index in [1.807, 2.05) is 0 Å². The van der Waals surface area contributed by atoms with Gasteiger partial charge in [-0.15, -0.1) is 0 Å². The smallest absolute Gasteiger partial charge is 0.258 e. The number of rotatable bonds is 6. The first kappa shape index (κ1) is 17.7. The van der Waals surface area contributed by atoms with Gasteiger partial charge in [-0.25, -0.2) is 4.39 Å². The van der Waals surface area contributed by atoms with Crippen LogP contribution in [0.15, 0.2) is 18.2 Å². The number of carbonyl (C=O) groups is 1. The van der Waals surface area contributed by atoms with Gasteiger partial charge in [0, 0.05) is 19.6 Å². The standard InChI is InChI=1S/C18H27FN2O2/c1-13-10-14(2)12-21(11-13)9-5-8-20-18(22)17-15(19)6-4-7-16(17)23-3/h4,6-7,13-14H,5,8-12H2,1-3H3,(H,20,22)/t13-,14+. The number of likely N-dealkylation sites (tertiary alicyclic amines) is 1. The molecule has 128 valence electrons. The minimum Gasteiger partial charge on any atom is -0.496 e. The number of nitrogens with one attached hydrogen (secondary N) is 1. The van der Waals surface area contributed by atoms with Crippen LogP contribution in [0, 0.1) is 17.7 Å². The number of benzene rings is 1. The third-order valence-electron chi connectivity index (χ3n) is 4.30. The summed E-state index contributed by atoms with van der Waals surface area (Å²) in [6.07, 6.45) is 2.16. The summed E-state index contributed by atoms with van der Waals surface area (Å²) in [4.78, 5) is 14.6. The summed E-state index contributed by atoms with van der Waals surface area (Å²) in [6.45, 7) is 8.32. The Hall–Kier alpha value is -1.62. The van der Waals surface area contributed by atoms with E-state index in [-0.39, 0.29) is 11.3 Å². The van der Waals surface area contributed by atoms with Crippen LogP contribution in [0.4, 0.5) is 4.39 Å². The lowest BCUT2D eigenvalue weighted by molar-refractivity contribution is 0.0940. The van der Waals surface area contributed by atoms with Gasteiger partial charge in [0.15, 0.2) is 0 Å². The molecular weight excluding hydrogens is 295 g/mol. The van der Waals surface area contributed by atoms with E-state index in [1.165, 1.54) is 25.7 Å². The van der Waals surface area contributed by atoms with E-state index in [1.54, 1.807) is 6.07 Å². The lowest BCUT2D eigenvalue weighted by Crippen LogP contribution is -2.40. The molecule has 0 unspecified atom stereocenters. The van der Waals surface area contributed by atoms with Crippen molar-refractivity contribution in [2.75, 3.05) is 33.3 Å². The summed E-state index contributed by atoms with van der Waals surface area (Å²) in [7, 11) is 1.43. The number of methoxy groups -OCH3 is 1. The number of halogens is 1. The molecule has 0 saturated carbocycles. The zero-order chi connectivity index (χ0) is 16.8. The van der Waals surface area contributed by atoms with E-state index in [4.69, 9.17) is 4.74 Å². The molecular formula is C18H27FN2O2. The van der Waals surface area contributed by atoms with E-state index in [9.17, 15) is 9.18 Å². The third-order valence-corrected chi connectivity index (χ3v) is 4.30. The van der Waals surface area contributed by atoms with Crippen LogP contribution < -0.4 is 10.1 Å². The second-order valence-electron chi connectivity index (χ2n) is 6.63. The molecule has 4 nitrogen and oxygen atoms in total. The van der Waals surface area contributed by atoms with Crippen molar-refractivity contribution in [1.29, 1.82) is 0 Å². The molecule has 2 rings (SSSR count). The predicted molar refractivity (Wildman–Crippen MR) is 89.3 cm³/mol. The maximum Gasteiger partial charge on any atom is 0.258 e. The molecule has 0 radical (unpaired) electrons. The molecule has 2 atom stereocenters. The number of piperidine rings is 1. The first-order valence-electron chi connectivity index (χ1n) is 8.34.